The summed E-state index contributed by atoms with van der Waals surface area (Å²) in [5, 5.41) is 2.31. The molecule has 24 heavy (non-hydrogen) atoms. The molecule has 0 saturated carbocycles. The van der Waals surface area contributed by atoms with Crippen LogP contribution in [0.15, 0.2) is 47.4 Å². The Morgan fingerprint density at radius 2 is 2.08 bits per heavy atom. The first-order chi connectivity index (χ1) is 11.7. The molecule has 0 aromatic heterocycles. The number of hydrogen-bond donors (Lipinski definition) is 0. The number of thiocarbonyl (C=S) groups is 1. The van der Waals surface area contributed by atoms with E-state index in [9.17, 15) is 4.79 Å². The minimum Gasteiger partial charge on any atom is -0.376 e. The fourth-order valence-electron chi connectivity index (χ4n) is 3.17. The molecular formula is C19H17NO2S2. The standard InChI is InChI=1S/C19H17NO2S2/c21-18-17(24-19(23)20(18)12-15-8-4-10-22-15)11-14-7-3-6-13-5-1-2-9-16(13)14/h1-3,5-7,9,11,15H,4,8,10,12H2/b17-11+. The molecule has 122 valence electrons. The zero-order valence-corrected chi connectivity index (χ0v) is 14.7. The van der Waals surface area contributed by atoms with Crippen LogP contribution in [0.25, 0.3) is 16.8 Å². The van der Waals surface area contributed by atoms with Crippen molar-refractivity contribution in [2.24, 2.45) is 0 Å². The van der Waals surface area contributed by atoms with Gasteiger partial charge in [-0.2, -0.15) is 0 Å². The van der Waals surface area contributed by atoms with E-state index in [1.54, 1.807) is 4.90 Å². The normalized spacial score (nSPS) is 22.9. The minimum absolute atomic E-state index is 0.00608. The number of benzene rings is 2. The van der Waals surface area contributed by atoms with Gasteiger partial charge in [0.25, 0.3) is 5.91 Å². The highest BCUT2D eigenvalue weighted by Gasteiger charge is 2.34. The Balaban J connectivity index is 1.62. The van der Waals surface area contributed by atoms with Crippen LogP contribution in [0.5, 0.6) is 0 Å². The van der Waals surface area contributed by atoms with Gasteiger partial charge in [-0.25, -0.2) is 0 Å². The van der Waals surface area contributed by atoms with Crippen molar-refractivity contribution >= 4 is 51.1 Å². The molecule has 1 unspecified atom stereocenters. The highest BCUT2D eigenvalue weighted by Crippen LogP contribution is 2.34. The van der Waals surface area contributed by atoms with Crippen LogP contribution in [0.4, 0.5) is 0 Å². The molecule has 0 N–H and O–H groups in total. The van der Waals surface area contributed by atoms with Crippen molar-refractivity contribution in [2.75, 3.05) is 13.2 Å². The molecule has 1 amide bonds. The maximum Gasteiger partial charge on any atom is 0.266 e. The van der Waals surface area contributed by atoms with E-state index in [1.165, 1.54) is 17.1 Å². The molecule has 0 bridgehead atoms. The lowest BCUT2D eigenvalue weighted by molar-refractivity contribution is -0.123. The zero-order valence-electron chi connectivity index (χ0n) is 13.1. The number of carbonyl (C=O) groups excluding carboxylic acids is 1. The lowest BCUT2D eigenvalue weighted by Gasteiger charge is -2.18. The van der Waals surface area contributed by atoms with Crippen LogP contribution in [-0.2, 0) is 9.53 Å². The summed E-state index contributed by atoms with van der Waals surface area (Å²) in [4.78, 5) is 15.1. The summed E-state index contributed by atoms with van der Waals surface area (Å²) >= 11 is 6.79. The third kappa shape index (κ3) is 2.99. The van der Waals surface area contributed by atoms with E-state index >= 15 is 0 Å². The maximum absolute atomic E-state index is 12.7. The summed E-state index contributed by atoms with van der Waals surface area (Å²) in [6.07, 6.45) is 4.13. The van der Waals surface area contributed by atoms with Crippen LogP contribution in [-0.4, -0.2) is 34.4 Å². The van der Waals surface area contributed by atoms with Crippen LogP contribution in [0.1, 0.15) is 18.4 Å². The molecule has 0 spiro atoms. The second-order valence-electron chi connectivity index (χ2n) is 6.00. The summed E-state index contributed by atoms with van der Waals surface area (Å²) in [5.41, 5.74) is 1.05. The average molecular weight is 355 g/mol. The summed E-state index contributed by atoms with van der Waals surface area (Å²) < 4.78 is 6.27. The average Bonchev–Trinajstić information content (AvgIpc) is 3.20. The van der Waals surface area contributed by atoms with Gasteiger partial charge in [0.05, 0.1) is 17.6 Å². The predicted molar refractivity (Wildman–Crippen MR) is 103 cm³/mol. The van der Waals surface area contributed by atoms with Gasteiger partial charge in [-0.05, 0) is 35.3 Å². The van der Waals surface area contributed by atoms with Crippen molar-refractivity contribution in [3.8, 4) is 0 Å². The molecule has 2 saturated heterocycles. The summed E-state index contributed by atoms with van der Waals surface area (Å²) in [6, 6.07) is 14.3. The third-order valence-electron chi connectivity index (χ3n) is 4.39. The number of nitrogens with zero attached hydrogens (tertiary/aromatic N) is 1. The van der Waals surface area contributed by atoms with E-state index in [0.717, 1.165) is 30.4 Å². The first kappa shape index (κ1) is 15.8. The van der Waals surface area contributed by atoms with Crippen molar-refractivity contribution in [3.05, 3.63) is 52.9 Å². The number of thioether (sulfide) groups is 1. The highest BCUT2D eigenvalue weighted by atomic mass is 32.2. The fourth-order valence-corrected chi connectivity index (χ4v) is 4.43. The van der Waals surface area contributed by atoms with Crippen molar-refractivity contribution < 1.29 is 9.53 Å². The van der Waals surface area contributed by atoms with Crippen LogP contribution < -0.4 is 0 Å². The quantitative estimate of drug-likeness (QED) is 0.609. The number of rotatable bonds is 3. The van der Waals surface area contributed by atoms with E-state index in [-0.39, 0.29) is 12.0 Å². The van der Waals surface area contributed by atoms with Crippen LogP contribution >= 0.6 is 24.0 Å². The summed E-state index contributed by atoms with van der Waals surface area (Å²) in [7, 11) is 0. The summed E-state index contributed by atoms with van der Waals surface area (Å²) in [6.45, 7) is 1.35. The lowest BCUT2D eigenvalue weighted by Crippen LogP contribution is -2.35. The maximum atomic E-state index is 12.7. The van der Waals surface area contributed by atoms with Gasteiger partial charge in [-0.15, -0.1) is 0 Å². The fraction of sp³-hybridized carbons (Fsp3) is 0.263. The van der Waals surface area contributed by atoms with Crippen molar-refractivity contribution in [1.29, 1.82) is 0 Å². The molecular weight excluding hydrogens is 338 g/mol. The second kappa shape index (κ2) is 6.67. The number of amides is 1. The first-order valence-corrected chi connectivity index (χ1v) is 9.29. The Kier molecular flexibility index (Phi) is 4.39. The molecule has 3 nitrogen and oxygen atoms in total. The molecule has 2 aromatic carbocycles. The Bertz CT molecular complexity index is 835. The van der Waals surface area contributed by atoms with Gasteiger partial charge in [0.15, 0.2) is 0 Å². The SMILES string of the molecule is O=C1/C(=C\c2cccc3ccccc23)SC(=S)N1CC1CCCO1. The molecule has 2 aliphatic rings. The van der Waals surface area contributed by atoms with Gasteiger partial charge >= 0.3 is 0 Å². The van der Waals surface area contributed by atoms with Gasteiger partial charge in [-0.1, -0.05) is 66.4 Å². The van der Waals surface area contributed by atoms with Crippen LogP contribution in [0, 0.1) is 0 Å². The second-order valence-corrected chi connectivity index (χ2v) is 7.67. The third-order valence-corrected chi connectivity index (χ3v) is 5.77. The largest absolute Gasteiger partial charge is 0.376 e. The molecule has 0 aliphatic carbocycles. The molecule has 2 aliphatic heterocycles. The summed E-state index contributed by atoms with van der Waals surface area (Å²) in [5.74, 6) is -0.00608. The van der Waals surface area contributed by atoms with Gasteiger partial charge < -0.3 is 4.74 Å². The van der Waals surface area contributed by atoms with Gasteiger partial charge in [0, 0.05) is 6.61 Å². The first-order valence-electron chi connectivity index (χ1n) is 8.07. The Morgan fingerprint density at radius 1 is 1.25 bits per heavy atom. The molecule has 1 atom stereocenters. The molecule has 0 radical (unpaired) electrons. The van der Waals surface area contributed by atoms with E-state index in [4.69, 9.17) is 17.0 Å². The molecule has 2 fully saturated rings. The highest BCUT2D eigenvalue weighted by molar-refractivity contribution is 8.26. The van der Waals surface area contributed by atoms with E-state index in [1.807, 2.05) is 30.3 Å². The predicted octanol–water partition coefficient (Wildman–Crippen LogP) is 4.22. The van der Waals surface area contributed by atoms with Gasteiger partial charge in [-0.3, -0.25) is 9.69 Å². The number of carbonyl (C=O) groups is 1. The number of fused-ring (bicyclic) bond motifs is 1. The van der Waals surface area contributed by atoms with Crippen molar-refractivity contribution in [2.45, 2.75) is 18.9 Å². The Hall–Kier alpha value is -1.69. The molecule has 5 heteroatoms. The molecule has 4 rings (SSSR count). The number of hydrogen-bond acceptors (Lipinski definition) is 4. The lowest BCUT2D eigenvalue weighted by atomic mass is 10.0. The Morgan fingerprint density at radius 3 is 2.92 bits per heavy atom. The molecule has 2 aromatic rings. The monoisotopic (exact) mass is 355 g/mol. The van der Waals surface area contributed by atoms with E-state index in [0.29, 0.717) is 15.8 Å². The van der Waals surface area contributed by atoms with Gasteiger partial charge in [0.1, 0.15) is 4.32 Å². The van der Waals surface area contributed by atoms with Gasteiger partial charge in [0.2, 0.25) is 0 Å². The topological polar surface area (TPSA) is 29.5 Å². The van der Waals surface area contributed by atoms with Crippen LogP contribution in [0.3, 0.4) is 0 Å². The van der Waals surface area contributed by atoms with Crippen LogP contribution in [0.2, 0.25) is 0 Å². The van der Waals surface area contributed by atoms with Crippen molar-refractivity contribution in [3.63, 3.8) is 0 Å². The Labute approximate surface area is 150 Å². The van der Waals surface area contributed by atoms with E-state index in [2.05, 4.69) is 18.2 Å². The minimum atomic E-state index is -0.00608. The molecule has 2 heterocycles. The number of ether oxygens (including phenoxy) is 1. The zero-order chi connectivity index (χ0) is 16.5. The smallest absolute Gasteiger partial charge is 0.266 e. The van der Waals surface area contributed by atoms with Crippen molar-refractivity contribution in [1.82, 2.24) is 4.90 Å². The van der Waals surface area contributed by atoms with E-state index < -0.39 is 0 Å².